The standard InChI is InChI=1S/C23H21N5O/c1-4-22(29)28-18-8-15(14(2)3)7-16(9-18)17-10-19-20(12-26-23(19)25-11-17)21-5-6-24-13-27-21/h4-14H,1H2,2-3H3,(H,25,26)(H,28,29). The molecular weight excluding hydrogens is 362 g/mol. The number of hydrogen-bond acceptors (Lipinski definition) is 4. The molecule has 0 bridgehead atoms. The number of aromatic amines is 1. The zero-order valence-corrected chi connectivity index (χ0v) is 16.3. The Labute approximate surface area is 168 Å². The van der Waals surface area contributed by atoms with E-state index in [0.717, 1.165) is 44.7 Å². The lowest BCUT2D eigenvalue weighted by molar-refractivity contribution is -0.111. The quantitative estimate of drug-likeness (QED) is 0.478. The summed E-state index contributed by atoms with van der Waals surface area (Å²) in [5.41, 5.74) is 6.41. The number of pyridine rings is 1. The molecule has 0 saturated carbocycles. The van der Waals surface area contributed by atoms with Gasteiger partial charge in [-0.2, -0.15) is 0 Å². The first kappa shape index (κ1) is 18.6. The predicted molar refractivity (Wildman–Crippen MR) is 115 cm³/mol. The molecule has 0 saturated heterocycles. The van der Waals surface area contributed by atoms with Gasteiger partial charge in [0.2, 0.25) is 5.91 Å². The van der Waals surface area contributed by atoms with E-state index in [0.29, 0.717) is 5.92 Å². The normalized spacial score (nSPS) is 11.0. The van der Waals surface area contributed by atoms with Crippen molar-refractivity contribution in [3.8, 4) is 22.4 Å². The minimum atomic E-state index is -0.234. The molecule has 0 aliphatic heterocycles. The van der Waals surface area contributed by atoms with Crippen LogP contribution < -0.4 is 5.32 Å². The van der Waals surface area contributed by atoms with Gasteiger partial charge in [-0.1, -0.05) is 26.5 Å². The average molecular weight is 383 g/mol. The van der Waals surface area contributed by atoms with Crippen molar-refractivity contribution in [3.63, 3.8) is 0 Å². The van der Waals surface area contributed by atoms with Crippen molar-refractivity contribution in [3.05, 3.63) is 73.5 Å². The van der Waals surface area contributed by atoms with Crippen LogP contribution in [0.2, 0.25) is 0 Å². The number of rotatable bonds is 5. The highest BCUT2D eigenvalue weighted by molar-refractivity contribution is 5.99. The molecule has 4 aromatic rings. The van der Waals surface area contributed by atoms with Gasteiger partial charge in [0, 0.05) is 40.8 Å². The molecule has 0 fully saturated rings. The minimum absolute atomic E-state index is 0.234. The fourth-order valence-corrected chi connectivity index (χ4v) is 3.24. The van der Waals surface area contributed by atoms with Gasteiger partial charge in [-0.3, -0.25) is 4.79 Å². The van der Waals surface area contributed by atoms with E-state index < -0.39 is 0 Å². The Morgan fingerprint density at radius 1 is 1.17 bits per heavy atom. The van der Waals surface area contributed by atoms with Gasteiger partial charge < -0.3 is 10.3 Å². The van der Waals surface area contributed by atoms with Crippen molar-refractivity contribution >= 4 is 22.6 Å². The first-order valence-corrected chi connectivity index (χ1v) is 9.37. The van der Waals surface area contributed by atoms with Crippen molar-refractivity contribution in [2.24, 2.45) is 0 Å². The molecule has 0 unspecified atom stereocenters. The molecule has 0 radical (unpaired) electrons. The molecule has 2 N–H and O–H groups in total. The van der Waals surface area contributed by atoms with Gasteiger partial charge in [-0.15, -0.1) is 0 Å². The van der Waals surface area contributed by atoms with Crippen LogP contribution in [-0.4, -0.2) is 25.8 Å². The molecule has 0 spiro atoms. The number of carbonyl (C=O) groups is 1. The summed E-state index contributed by atoms with van der Waals surface area (Å²) in [5.74, 6) is 0.0805. The van der Waals surface area contributed by atoms with Crippen LogP contribution in [0.3, 0.4) is 0 Å². The molecule has 3 aromatic heterocycles. The number of carbonyl (C=O) groups excluding carboxylic acids is 1. The SMILES string of the molecule is C=CC(=O)Nc1cc(-c2cnc3[nH]cc(-c4ccncn4)c3c2)cc(C(C)C)c1. The second-order valence-corrected chi connectivity index (χ2v) is 7.11. The molecule has 3 heterocycles. The summed E-state index contributed by atoms with van der Waals surface area (Å²) in [5, 5.41) is 3.85. The lowest BCUT2D eigenvalue weighted by atomic mass is 9.96. The molecule has 6 nitrogen and oxygen atoms in total. The summed E-state index contributed by atoms with van der Waals surface area (Å²) < 4.78 is 0. The number of nitrogens with zero attached hydrogens (tertiary/aromatic N) is 3. The number of hydrogen-bond donors (Lipinski definition) is 2. The van der Waals surface area contributed by atoms with E-state index in [-0.39, 0.29) is 5.91 Å². The highest BCUT2D eigenvalue weighted by atomic mass is 16.1. The summed E-state index contributed by atoms with van der Waals surface area (Å²) in [4.78, 5) is 27.9. The third-order valence-corrected chi connectivity index (χ3v) is 4.80. The summed E-state index contributed by atoms with van der Waals surface area (Å²) in [6.07, 6.45) is 8.26. The Morgan fingerprint density at radius 3 is 2.76 bits per heavy atom. The monoisotopic (exact) mass is 383 g/mol. The van der Waals surface area contributed by atoms with Gasteiger partial charge in [0.1, 0.15) is 12.0 Å². The van der Waals surface area contributed by atoms with Crippen LogP contribution in [0.4, 0.5) is 5.69 Å². The largest absolute Gasteiger partial charge is 0.345 e. The number of fused-ring (bicyclic) bond motifs is 1. The molecule has 4 rings (SSSR count). The highest BCUT2D eigenvalue weighted by Gasteiger charge is 2.12. The smallest absolute Gasteiger partial charge is 0.247 e. The van der Waals surface area contributed by atoms with E-state index in [4.69, 9.17) is 0 Å². The van der Waals surface area contributed by atoms with Crippen molar-refractivity contribution < 1.29 is 4.79 Å². The minimum Gasteiger partial charge on any atom is -0.345 e. The van der Waals surface area contributed by atoms with Crippen LogP contribution in [-0.2, 0) is 4.79 Å². The Balaban J connectivity index is 1.83. The maximum Gasteiger partial charge on any atom is 0.247 e. The van der Waals surface area contributed by atoms with Gasteiger partial charge in [0.25, 0.3) is 0 Å². The van der Waals surface area contributed by atoms with Crippen molar-refractivity contribution in [2.45, 2.75) is 19.8 Å². The molecule has 6 heteroatoms. The Bertz CT molecular complexity index is 1190. The van der Waals surface area contributed by atoms with Crippen molar-refractivity contribution in [1.29, 1.82) is 0 Å². The van der Waals surface area contributed by atoms with Gasteiger partial charge in [-0.05, 0) is 47.4 Å². The van der Waals surface area contributed by atoms with Gasteiger partial charge in [0.05, 0.1) is 5.69 Å². The molecule has 0 aliphatic rings. The Morgan fingerprint density at radius 2 is 2.03 bits per heavy atom. The summed E-state index contributed by atoms with van der Waals surface area (Å²) in [6, 6.07) is 10.0. The second-order valence-electron chi connectivity index (χ2n) is 7.11. The topological polar surface area (TPSA) is 83.6 Å². The fraction of sp³-hybridized carbons (Fsp3) is 0.130. The summed E-state index contributed by atoms with van der Waals surface area (Å²) >= 11 is 0. The van der Waals surface area contributed by atoms with E-state index in [1.54, 1.807) is 6.20 Å². The first-order valence-electron chi connectivity index (χ1n) is 9.37. The first-order chi connectivity index (χ1) is 14.0. The zero-order chi connectivity index (χ0) is 20.4. The van der Waals surface area contributed by atoms with Crippen LogP contribution in [0.15, 0.2) is 67.9 Å². The van der Waals surface area contributed by atoms with Crippen LogP contribution in [0, 0.1) is 0 Å². The molecule has 144 valence electrons. The summed E-state index contributed by atoms with van der Waals surface area (Å²) in [6.45, 7) is 7.77. The lowest BCUT2D eigenvalue weighted by Crippen LogP contribution is -2.08. The average Bonchev–Trinajstić information content (AvgIpc) is 3.17. The third kappa shape index (κ3) is 3.78. The fourth-order valence-electron chi connectivity index (χ4n) is 3.24. The molecular formula is C23H21N5O. The van der Waals surface area contributed by atoms with E-state index in [9.17, 15) is 4.79 Å². The van der Waals surface area contributed by atoms with Crippen LogP contribution in [0.25, 0.3) is 33.4 Å². The van der Waals surface area contributed by atoms with E-state index in [2.05, 4.69) is 57.8 Å². The molecule has 1 amide bonds. The van der Waals surface area contributed by atoms with E-state index in [1.807, 2.05) is 30.6 Å². The van der Waals surface area contributed by atoms with E-state index in [1.165, 1.54) is 12.4 Å². The molecule has 1 aromatic carbocycles. The summed E-state index contributed by atoms with van der Waals surface area (Å²) in [7, 11) is 0. The third-order valence-electron chi connectivity index (χ3n) is 4.80. The highest BCUT2D eigenvalue weighted by Crippen LogP contribution is 2.32. The number of nitrogens with one attached hydrogen (secondary N) is 2. The van der Waals surface area contributed by atoms with Crippen molar-refractivity contribution in [2.75, 3.05) is 5.32 Å². The van der Waals surface area contributed by atoms with E-state index >= 15 is 0 Å². The predicted octanol–water partition coefficient (Wildman–Crippen LogP) is 4.93. The number of H-pyrrole nitrogens is 1. The van der Waals surface area contributed by atoms with Crippen LogP contribution in [0.1, 0.15) is 25.3 Å². The number of anilines is 1. The maximum atomic E-state index is 11.8. The lowest BCUT2D eigenvalue weighted by Gasteiger charge is -2.13. The Hall–Kier alpha value is -3.80. The second kappa shape index (κ2) is 7.67. The molecule has 0 aliphatic carbocycles. The van der Waals surface area contributed by atoms with Gasteiger partial charge >= 0.3 is 0 Å². The van der Waals surface area contributed by atoms with Gasteiger partial charge in [0.15, 0.2) is 0 Å². The maximum absolute atomic E-state index is 11.8. The zero-order valence-electron chi connectivity index (χ0n) is 16.3. The molecule has 29 heavy (non-hydrogen) atoms. The number of amides is 1. The van der Waals surface area contributed by atoms with Crippen LogP contribution >= 0.6 is 0 Å². The Kier molecular flexibility index (Phi) is 4.91. The van der Waals surface area contributed by atoms with Crippen molar-refractivity contribution in [1.82, 2.24) is 19.9 Å². The van der Waals surface area contributed by atoms with Gasteiger partial charge in [-0.25, -0.2) is 15.0 Å². The number of aromatic nitrogens is 4. The number of benzene rings is 1. The van der Waals surface area contributed by atoms with Crippen LogP contribution in [0.5, 0.6) is 0 Å². The molecule has 0 atom stereocenters.